The topological polar surface area (TPSA) is 68.1 Å². The Bertz CT molecular complexity index is 419. The second-order valence-electron chi connectivity index (χ2n) is 4.14. The van der Waals surface area contributed by atoms with Crippen LogP contribution in [0.15, 0.2) is 17.1 Å². The average molecular weight is 226 g/mol. The van der Waals surface area contributed by atoms with Gasteiger partial charge in [-0.3, -0.25) is 4.79 Å². The number of aromatic amines is 1. The highest BCUT2D eigenvalue weighted by Gasteiger charge is 2.24. The lowest BCUT2D eigenvalue weighted by Crippen LogP contribution is -2.13. The maximum Gasteiger partial charge on any atom is 0.271 e. The molecule has 3 N–H and O–H groups in total. The van der Waals surface area contributed by atoms with Crippen molar-refractivity contribution in [2.45, 2.75) is 38.1 Å². The molecule has 2 unspecified atom stereocenters. The van der Waals surface area contributed by atoms with Crippen molar-refractivity contribution in [2.75, 3.05) is 5.73 Å². The minimum atomic E-state index is -0.731. The lowest BCUT2D eigenvalue weighted by Gasteiger charge is -2.10. The molecule has 0 bridgehead atoms. The fraction of sp³-hybridized carbons (Fsp3) is 0.545. The minimum Gasteiger partial charge on any atom is -0.394 e. The van der Waals surface area contributed by atoms with Gasteiger partial charge in [0.2, 0.25) is 0 Å². The number of halogens is 1. The SMILES string of the molecule is Nc1cc(COC2CCC(F)C2)c[nH]c1=O. The van der Waals surface area contributed by atoms with Crippen molar-refractivity contribution in [2.24, 2.45) is 0 Å². The van der Waals surface area contributed by atoms with E-state index in [9.17, 15) is 9.18 Å². The van der Waals surface area contributed by atoms with Crippen LogP contribution in [0.2, 0.25) is 0 Å². The third kappa shape index (κ3) is 2.61. The van der Waals surface area contributed by atoms with Gasteiger partial charge in [-0.1, -0.05) is 0 Å². The van der Waals surface area contributed by atoms with Gasteiger partial charge in [-0.25, -0.2) is 4.39 Å². The molecule has 2 atom stereocenters. The smallest absolute Gasteiger partial charge is 0.271 e. The lowest BCUT2D eigenvalue weighted by molar-refractivity contribution is 0.0413. The van der Waals surface area contributed by atoms with Crippen molar-refractivity contribution in [1.82, 2.24) is 4.98 Å². The second-order valence-corrected chi connectivity index (χ2v) is 4.14. The first-order valence-corrected chi connectivity index (χ1v) is 5.38. The number of H-pyrrole nitrogens is 1. The van der Waals surface area contributed by atoms with Crippen molar-refractivity contribution in [3.8, 4) is 0 Å². The number of aromatic nitrogens is 1. The molecule has 0 amide bonds. The molecule has 0 aliphatic heterocycles. The van der Waals surface area contributed by atoms with Crippen LogP contribution in [0, 0.1) is 0 Å². The molecule has 4 nitrogen and oxygen atoms in total. The molecule has 2 rings (SSSR count). The quantitative estimate of drug-likeness (QED) is 0.817. The van der Waals surface area contributed by atoms with Crippen LogP contribution in [-0.4, -0.2) is 17.3 Å². The highest BCUT2D eigenvalue weighted by atomic mass is 19.1. The van der Waals surface area contributed by atoms with Crippen molar-refractivity contribution in [3.05, 3.63) is 28.2 Å². The number of rotatable bonds is 3. The molecule has 1 heterocycles. The van der Waals surface area contributed by atoms with Crippen LogP contribution in [0.25, 0.3) is 0 Å². The Balaban J connectivity index is 1.90. The third-order valence-corrected chi connectivity index (χ3v) is 2.80. The summed E-state index contributed by atoms with van der Waals surface area (Å²) in [4.78, 5) is 13.5. The molecule has 88 valence electrons. The number of nitrogens with one attached hydrogen (secondary N) is 1. The molecule has 0 spiro atoms. The first kappa shape index (κ1) is 11.1. The summed E-state index contributed by atoms with van der Waals surface area (Å²) < 4.78 is 18.4. The molecule has 1 aromatic heterocycles. The largest absolute Gasteiger partial charge is 0.394 e. The molecule has 5 heteroatoms. The van der Waals surface area contributed by atoms with Crippen LogP contribution in [-0.2, 0) is 11.3 Å². The summed E-state index contributed by atoms with van der Waals surface area (Å²) in [5.74, 6) is 0. The molecule has 1 aromatic rings. The van der Waals surface area contributed by atoms with Crippen LogP contribution >= 0.6 is 0 Å². The maximum atomic E-state index is 12.9. The van der Waals surface area contributed by atoms with Gasteiger partial charge in [-0.05, 0) is 24.5 Å². The Morgan fingerprint density at radius 1 is 1.56 bits per heavy atom. The van der Waals surface area contributed by atoms with E-state index in [4.69, 9.17) is 10.5 Å². The minimum absolute atomic E-state index is 0.0110. The number of anilines is 1. The standard InChI is InChI=1S/C11H15FN2O2/c12-8-1-2-9(4-8)16-6-7-3-10(13)11(15)14-5-7/h3,5,8-9H,1-2,4,6,13H2,(H,14,15). The summed E-state index contributed by atoms with van der Waals surface area (Å²) in [7, 11) is 0. The van der Waals surface area contributed by atoms with E-state index in [2.05, 4.69) is 4.98 Å². The van der Waals surface area contributed by atoms with E-state index >= 15 is 0 Å². The fourth-order valence-electron chi connectivity index (χ4n) is 1.89. The molecular formula is C11H15FN2O2. The number of ether oxygens (including phenoxy) is 1. The fourth-order valence-corrected chi connectivity index (χ4v) is 1.89. The Kier molecular flexibility index (Phi) is 3.24. The highest BCUT2D eigenvalue weighted by Crippen LogP contribution is 2.25. The predicted molar refractivity (Wildman–Crippen MR) is 58.8 cm³/mol. The van der Waals surface area contributed by atoms with Crippen LogP contribution in [0.1, 0.15) is 24.8 Å². The summed E-state index contributed by atoms with van der Waals surface area (Å²) >= 11 is 0. The van der Waals surface area contributed by atoms with Gasteiger partial charge in [0.25, 0.3) is 5.56 Å². The molecule has 1 aliphatic rings. The van der Waals surface area contributed by atoms with Crippen molar-refractivity contribution < 1.29 is 9.13 Å². The predicted octanol–water partition coefficient (Wildman–Crippen LogP) is 1.36. The van der Waals surface area contributed by atoms with Crippen molar-refractivity contribution in [3.63, 3.8) is 0 Å². The number of pyridine rings is 1. The van der Waals surface area contributed by atoms with Gasteiger partial charge in [-0.2, -0.15) is 0 Å². The Hall–Kier alpha value is -1.36. The van der Waals surface area contributed by atoms with Crippen molar-refractivity contribution >= 4 is 5.69 Å². The van der Waals surface area contributed by atoms with E-state index < -0.39 is 6.17 Å². The van der Waals surface area contributed by atoms with E-state index in [0.717, 1.165) is 12.0 Å². The number of nitrogens with two attached hydrogens (primary N) is 1. The van der Waals surface area contributed by atoms with Crippen molar-refractivity contribution in [1.29, 1.82) is 0 Å². The van der Waals surface area contributed by atoms with Gasteiger partial charge in [-0.15, -0.1) is 0 Å². The first-order valence-electron chi connectivity index (χ1n) is 5.38. The van der Waals surface area contributed by atoms with E-state index in [1.54, 1.807) is 12.3 Å². The Morgan fingerprint density at radius 2 is 2.38 bits per heavy atom. The zero-order chi connectivity index (χ0) is 11.5. The van der Waals surface area contributed by atoms with Gasteiger partial charge < -0.3 is 15.5 Å². The van der Waals surface area contributed by atoms with Crippen LogP contribution in [0.5, 0.6) is 0 Å². The van der Waals surface area contributed by atoms with E-state index in [-0.39, 0.29) is 17.4 Å². The van der Waals surface area contributed by atoms with Gasteiger partial charge in [0.15, 0.2) is 0 Å². The molecule has 1 fully saturated rings. The van der Waals surface area contributed by atoms with Crippen LogP contribution in [0.3, 0.4) is 0 Å². The maximum absolute atomic E-state index is 12.9. The normalized spacial score (nSPS) is 24.8. The lowest BCUT2D eigenvalue weighted by atomic mass is 10.2. The highest BCUT2D eigenvalue weighted by molar-refractivity contribution is 5.36. The summed E-state index contributed by atoms with van der Waals surface area (Å²) in [5.41, 5.74) is 6.15. The number of nitrogen functional groups attached to an aromatic ring is 1. The van der Waals surface area contributed by atoms with Crippen LogP contribution in [0.4, 0.5) is 10.1 Å². The van der Waals surface area contributed by atoms with Gasteiger partial charge in [0.05, 0.1) is 18.4 Å². The number of hydrogen-bond donors (Lipinski definition) is 2. The summed E-state index contributed by atoms with van der Waals surface area (Å²) in [6.07, 6.45) is 2.64. The van der Waals surface area contributed by atoms with Gasteiger partial charge in [0, 0.05) is 12.6 Å². The summed E-state index contributed by atoms with van der Waals surface area (Å²) in [5, 5.41) is 0. The zero-order valence-electron chi connectivity index (χ0n) is 8.91. The molecule has 1 aliphatic carbocycles. The van der Waals surface area contributed by atoms with Gasteiger partial charge >= 0.3 is 0 Å². The molecular weight excluding hydrogens is 211 g/mol. The summed E-state index contributed by atoms with van der Waals surface area (Å²) in [6.45, 7) is 0.359. The molecule has 0 aromatic carbocycles. The molecule has 1 saturated carbocycles. The monoisotopic (exact) mass is 226 g/mol. The average Bonchev–Trinajstić information content (AvgIpc) is 2.66. The van der Waals surface area contributed by atoms with Gasteiger partial charge in [0.1, 0.15) is 6.17 Å². The number of hydrogen-bond acceptors (Lipinski definition) is 3. The zero-order valence-corrected chi connectivity index (χ0v) is 8.91. The number of alkyl halides is 1. The molecule has 16 heavy (non-hydrogen) atoms. The first-order chi connectivity index (χ1) is 7.65. The Labute approximate surface area is 92.6 Å². The van der Waals surface area contributed by atoms with E-state index in [1.807, 2.05) is 0 Å². The molecule has 0 radical (unpaired) electrons. The van der Waals surface area contributed by atoms with E-state index in [0.29, 0.717) is 19.4 Å². The second kappa shape index (κ2) is 4.65. The third-order valence-electron chi connectivity index (χ3n) is 2.80. The van der Waals surface area contributed by atoms with Crippen LogP contribution < -0.4 is 11.3 Å². The summed E-state index contributed by atoms with van der Waals surface area (Å²) in [6, 6.07) is 1.58. The Morgan fingerprint density at radius 3 is 3.00 bits per heavy atom. The van der Waals surface area contributed by atoms with E-state index in [1.165, 1.54) is 0 Å². The molecule has 0 saturated heterocycles.